The number of terminal acetylenes is 1. The lowest BCUT2D eigenvalue weighted by atomic mass is 10.2. The fraction of sp³-hybridized carbons (Fsp3) is 0.200. The summed E-state index contributed by atoms with van der Waals surface area (Å²) in [4.78, 5) is 23.6. The van der Waals surface area contributed by atoms with Gasteiger partial charge in [0, 0.05) is 0 Å². The molecule has 1 N–H and O–H groups in total. The smallest absolute Gasteiger partial charge is 0.323 e. The van der Waals surface area contributed by atoms with E-state index < -0.39 is 18.4 Å². The first kappa shape index (κ1) is 14.2. The maximum Gasteiger partial charge on any atom is 0.323 e. The van der Waals surface area contributed by atoms with Crippen molar-refractivity contribution in [2.75, 3.05) is 13.1 Å². The third kappa shape index (κ3) is 3.58. The average Bonchev–Trinajstić information content (AvgIpc) is 2.30. The molecule has 8 heteroatoms. The zero-order valence-electron chi connectivity index (χ0n) is 8.93. The van der Waals surface area contributed by atoms with Crippen LogP contribution in [0.5, 0.6) is 0 Å². The second-order valence-electron chi connectivity index (χ2n) is 3.13. The van der Waals surface area contributed by atoms with Crippen molar-refractivity contribution < 1.29 is 14.7 Å². The maximum absolute atomic E-state index is 12.0. The number of nitrogens with zero attached hydrogens (tertiary/aromatic N) is 3. The first-order valence-corrected chi connectivity index (χ1v) is 5.34. The topological polar surface area (TPSA) is 83.4 Å². The molecule has 0 radical (unpaired) electrons. The molecule has 0 aliphatic heterocycles. The quantitative estimate of drug-likeness (QED) is 0.834. The first-order valence-electron chi connectivity index (χ1n) is 4.59. The molecule has 94 valence electrons. The summed E-state index contributed by atoms with van der Waals surface area (Å²) >= 11 is 11.3. The van der Waals surface area contributed by atoms with Crippen LogP contribution in [0.2, 0.25) is 10.3 Å². The number of aromatic nitrogens is 2. The van der Waals surface area contributed by atoms with Crippen molar-refractivity contribution in [1.82, 2.24) is 15.1 Å². The molecule has 0 atom stereocenters. The Morgan fingerprint density at radius 2 is 2.11 bits per heavy atom. The molecule has 0 aliphatic rings. The van der Waals surface area contributed by atoms with Gasteiger partial charge in [-0.1, -0.05) is 29.1 Å². The summed E-state index contributed by atoms with van der Waals surface area (Å²) in [5.74, 6) is 0.326. The van der Waals surface area contributed by atoms with E-state index in [0.29, 0.717) is 0 Å². The summed E-state index contributed by atoms with van der Waals surface area (Å²) in [5, 5.41) is 15.4. The molecule has 0 spiro atoms. The highest BCUT2D eigenvalue weighted by atomic mass is 35.5. The van der Waals surface area contributed by atoms with Crippen LogP contribution in [0, 0.1) is 12.3 Å². The minimum atomic E-state index is -1.19. The summed E-state index contributed by atoms with van der Waals surface area (Å²) in [7, 11) is 0. The van der Waals surface area contributed by atoms with Crippen molar-refractivity contribution >= 4 is 35.1 Å². The molecule has 0 aliphatic carbocycles. The number of aliphatic carboxylic acids is 1. The van der Waals surface area contributed by atoms with E-state index in [1.54, 1.807) is 0 Å². The molecular formula is C10H7Cl2N3O3. The van der Waals surface area contributed by atoms with E-state index in [9.17, 15) is 9.59 Å². The number of hydrogen-bond donors (Lipinski definition) is 1. The van der Waals surface area contributed by atoms with Crippen LogP contribution in [-0.4, -0.2) is 45.2 Å². The molecule has 0 bridgehead atoms. The van der Waals surface area contributed by atoms with Crippen molar-refractivity contribution in [1.29, 1.82) is 0 Å². The number of amides is 1. The highest BCUT2D eigenvalue weighted by Gasteiger charge is 2.21. The van der Waals surface area contributed by atoms with Gasteiger partial charge in [-0.2, -0.15) is 0 Å². The van der Waals surface area contributed by atoms with Gasteiger partial charge in [-0.3, -0.25) is 9.59 Å². The molecule has 1 rings (SSSR count). The van der Waals surface area contributed by atoms with Crippen LogP contribution in [0.15, 0.2) is 6.07 Å². The van der Waals surface area contributed by atoms with Crippen LogP contribution in [0.3, 0.4) is 0 Å². The predicted molar refractivity (Wildman–Crippen MR) is 64.4 cm³/mol. The lowest BCUT2D eigenvalue weighted by Gasteiger charge is -2.18. The number of carboxylic acid groups (broad SMARTS) is 1. The van der Waals surface area contributed by atoms with Gasteiger partial charge in [0.2, 0.25) is 0 Å². The monoisotopic (exact) mass is 287 g/mol. The number of carbonyl (C=O) groups is 2. The minimum Gasteiger partial charge on any atom is -0.480 e. The van der Waals surface area contributed by atoms with Gasteiger partial charge < -0.3 is 10.0 Å². The fourth-order valence-corrected chi connectivity index (χ4v) is 1.47. The van der Waals surface area contributed by atoms with E-state index in [1.165, 1.54) is 6.07 Å². The SMILES string of the molecule is C#CCN(CC(=O)O)C(=O)c1cc(Cl)nnc1Cl. The fourth-order valence-electron chi connectivity index (χ4n) is 1.15. The normalized spacial score (nSPS) is 9.61. The summed E-state index contributed by atoms with van der Waals surface area (Å²) in [6.07, 6.45) is 5.07. The van der Waals surface area contributed by atoms with E-state index in [2.05, 4.69) is 16.1 Å². The van der Waals surface area contributed by atoms with Gasteiger partial charge in [0.1, 0.15) is 6.54 Å². The summed E-state index contributed by atoms with van der Waals surface area (Å²) in [6, 6.07) is 1.20. The Balaban J connectivity index is 3.05. The number of carboxylic acids is 1. The van der Waals surface area contributed by atoms with Gasteiger partial charge >= 0.3 is 5.97 Å². The molecule has 1 aromatic heterocycles. The Labute approximate surface area is 113 Å². The Bertz CT molecular complexity index is 528. The van der Waals surface area contributed by atoms with Crippen LogP contribution in [0.4, 0.5) is 0 Å². The van der Waals surface area contributed by atoms with Gasteiger partial charge in [0.25, 0.3) is 5.91 Å². The largest absolute Gasteiger partial charge is 0.480 e. The van der Waals surface area contributed by atoms with E-state index in [4.69, 9.17) is 34.7 Å². The van der Waals surface area contributed by atoms with Crippen LogP contribution in [0.1, 0.15) is 10.4 Å². The van der Waals surface area contributed by atoms with Crippen molar-refractivity contribution in [3.8, 4) is 12.3 Å². The Kier molecular flexibility index (Phi) is 4.89. The summed E-state index contributed by atoms with van der Waals surface area (Å²) < 4.78 is 0. The molecule has 6 nitrogen and oxygen atoms in total. The number of carbonyl (C=O) groups excluding carboxylic acids is 1. The average molecular weight is 288 g/mol. The van der Waals surface area contributed by atoms with E-state index in [-0.39, 0.29) is 22.4 Å². The zero-order chi connectivity index (χ0) is 13.7. The third-order valence-electron chi connectivity index (χ3n) is 1.84. The van der Waals surface area contributed by atoms with Crippen molar-refractivity contribution in [2.24, 2.45) is 0 Å². The second kappa shape index (κ2) is 6.19. The number of halogens is 2. The summed E-state index contributed by atoms with van der Waals surface area (Å²) in [6.45, 7) is -0.708. The molecule has 0 aromatic carbocycles. The van der Waals surface area contributed by atoms with E-state index >= 15 is 0 Å². The predicted octanol–water partition coefficient (Wildman–Crippen LogP) is 0.943. The van der Waals surface area contributed by atoms with E-state index in [0.717, 1.165) is 4.90 Å². The molecule has 0 fully saturated rings. The highest BCUT2D eigenvalue weighted by Crippen LogP contribution is 2.17. The Hall–Kier alpha value is -1.84. The van der Waals surface area contributed by atoms with Crippen molar-refractivity contribution in [2.45, 2.75) is 0 Å². The third-order valence-corrected chi connectivity index (χ3v) is 2.31. The minimum absolute atomic E-state index is 0.0290. The zero-order valence-corrected chi connectivity index (χ0v) is 10.4. The standard InChI is InChI=1S/C10H7Cl2N3O3/c1-2-3-15(5-8(16)17)10(18)6-4-7(11)13-14-9(6)12/h1,4H,3,5H2,(H,16,17). The van der Waals surface area contributed by atoms with Gasteiger partial charge in [-0.05, 0) is 6.07 Å². The molecule has 1 heterocycles. The maximum atomic E-state index is 12.0. The van der Waals surface area contributed by atoms with E-state index in [1.807, 2.05) is 0 Å². The molecule has 18 heavy (non-hydrogen) atoms. The molecule has 1 amide bonds. The van der Waals surface area contributed by atoms with Crippen LogP contribution in [-0.2, 0) is 4.79 Å². The molecule has 0 unspecified atom stereocenters. The number of hydrogen-bond acceptors (Lipinski definition) is 4. The first-order chi connectivity index (χ1) is 8.45. The highest BCUT2D eigenvalue weighted by molar-refractivity contribution is 6.34. The van der Waals surface area contributed by atoms with Crippen LogP contribution in [0.25, 0.3) is 0 Å². The van der Waals surface area contributed by atoms with Crippen molar-refractivity contribution in [3.63, 3.8) is 0 Å². The molecular weight excluding hydrogens is 281 g/mol. The van der Waals surface area contributed by atoms with Crippen LogP contribution < -0.4 is 0 Å². The van der Waals surface area contributed by atoms with Gasteiger partial charge in [0.05, 0.1) is 12.1 Å². The van der Waals surface area contributed by atoms with Gasteiger partial charge in [-0.15, -0.1) is 16.6 Å². The van der Waals surface area contributed by atoms with Gasteiger partial charge in [0.15, 0.2) is 10.3 Å². The number of rotatable bonds is 4. The molecule has 1 aromatic rings. The molecule has 0 saturated carbocycles. The van der Waals surface area contributed by atoms with Crippen LogP contribution >= 0.6 is 23.2 Å². The lowest BCUT2D eigenvalue weighted by molar-refractivity contribution is -0.137. The van der Waals surface area contributed by atoms with Gasteiger partial charge in [-0.25, -0.2) is 0 Å². The summed E-state index contributed by atoms with van der Waals surface area (Å²) in [5.41, 5.74) is -0.0480. The van der Waals surface area contributed by atoms with Crippen molar-refractivity contribution in [3.05, 3.63) is 21.9 Å². The molecule has 0 saturated heterocycles. The second-order valence-corrected chi connectivity index (χ2v) is 3.88. The Morgan fingerprint density at radius 1 is 1.44 bits per heavy atom. The lowest BCUT2D eigenvalue weighted by Crippen LogP contribution is -2.36. The Morgan fingerprint density at radius 3 is 2.67 bits per heavy atom.